The molecule has 0 aliphatic heterocycles. The second-order valence-corrected chi connectivity index (χ2v) is 23.2. The summed E-state index contributed by atoms with van der Waals surface area (Å²) in [5.74, 6) is -1.83. The van der Waals surface area contributed by atoms with E-state index in [-0.39, 0.29) is 66.0 Å². The van der Waals surface area contributed by atoms with E-state index in [1.165, 1.54) is 18.2 Å². The molecule has 19 heteroatoms. The highest BCUT2D eigenvalue weighted by Crippen LogP contribution is 2.40. The van der Waals surface area contributed by atoms with E-state index in [1.54, 1.807) is 97.1 Å². The van der Waals surface area contributed by atoms with Crippen LogP contribution < -0.4 is 40.4 Å². The standard InChI is InChI=1S/C56H71FN4O12Si2/c1-35(2)66-74(67-36(3)4,68-37(5)6)72-52-33-48(25-27-50(52)60-54(62)43-13-19-45(58)20-14-43)64-47-23-17-41(18-24-47)42-29-31-56(57,32-30-42)65-49-26-28-51(61-55(63)44-15-21-46(59)22-16-44)53(34-49)73-75(69-38(7)8,70-39(9)10)71-40(11)12/h13-31,33-40H,32,58-59H2,1-12H3,(H,60,62)(H,61,63). The molecule has 0 fully saturated rings. The summed E-state index contributed by atoms with van der Waals surface area (Å²) in [4.78, 5) is 26.9. The van der Waals surface area contributed by atoms with Crippen LogP contribution in [0, 0.1) is 0 Å². The minimum atomic E-state index is -3.99. The number of benzene rings is 5. The lowest BCUT2D eigenvalue weighted by molar-refractivity contribution is -0.0477. The van der Waals surface area contributed by atoms with Crippen LogP contribution in [0.1, 0.15) is 116 Å². The van der Waals surface area contributed by atoms with Crippen LogP contribution >= 0.6 is 0 Å². The minimum absolute atomic E-state index is 0.0862. The van der Waals surface area contributed by atoms with Gasteiger partial charge in [0.2, 0.25) is 0 Å². The predicted molar refractivity (Wildman–Crippen MR) is 293 cm³/mol. The first kappa shape index (κ1) is 57.7. The fraction of sp³-hybridized carbons (Fsp3) is 0.357. The van der Waals surface area contributed by atoms with Crippen molar-refractivity contribution in [3.05, 3.63) is 144 Å². The molecule has 16 nitrogen and oxygen atoms in total. The van der Waals surface area contributed by atoms with Gasteiger partial charge in [-0.3, -0.25) is 9.59 Å². The molecule has 5 aromatic carbocycles. The zero-order valence-electron chi connectivity index (χ0n) is 44.7. The highest BCUT2D eigenvalue weighted by Gasteiger charge is 2.53. The normalized spacial score (nSPS) is 14.9. The summed E-state index contributed by atoms with van der Waals surface area (Å²) in [6.07, 6.45) is 2.52. The zero-order valence-corrected chi connectivity index (χ0v) is 46.7. The predicted octanol–water partition coefficient (Wildman–Crippen LogP) is 12.4. The molecule has 1 aliphatic carbocycles. The van der Waals surface area contributed by atoms with E-state index in [4.69, 9.17) is 56.3 Å². The number of carbonyl (C=O) groups is 2. The number of carbonyl (C=O) groups excluding carboxylic acids is 2. The van der Waals surface area contributed by atoms with Gasteiger partial charge in [-0.15, -0.1) is 0 Å². The summed E-state index contributed by atoms with van der Waals surface area (Å²) in [6, 6.07) is 29.8. The van der Waals surface area contributed by atoms with E-state index < -0.39 is 35.8 Å². The van der Waals surface area contributed by atoms with Crippen LogP contribution in [0.25, 0.3) is 5.57 Å². The summed E-state index contributed by atoms with van der Waals surface area (Å²) in [6.45, 7) is 22.1. The Labute approximate surface area is 442 Å². The van der Waals surface area contributed by atoms with Gasteiger partial charge in [0.1, 0.15) is 28.7 Å². The van der Waals surface area contributed by atoms with Crippen molar-refractivity contribution < 1.29 is 58.9 Å². The molecule has 2 amide bonds. The largest absolute Gasteiger partial charge is 0.750 e. The molecule has 75 heavy (non-hydrogen) atoms. The smallest absolute Gasteiger partial charge is 0.478 e. The molecule has 0 saturated carbocycles. The lowest BCUT2D eigenvalue weighted by atomic mass is 9.97. The molecule has 6 N–H and O–H groups in total. The number of nitrogens with one attached hydrogen (secondary N) is 2. The van der Waals surface area contributed by atoms with Gasteiger partial charge in [0.05, 0.1) is 11.4 Å². The molecular formula is C56H71FN4O12Si2. The lowest BCUT2D eigenvalue weighted by Gasteiger charge is -2.33. The van der Waals surface area contributed by atoms with Gasteiger partial charge in [-0.2, -0.15) is 4.39 Å². The van der Waals surface area contributed by atoms with Crippen LogP contribution in [0.3, 0.4) is 0 Å². The number of anilines is 4. The number of allylic oxidation sites excluding steroid dienone is 2. The molecule has 0 spiro atoms. The molecule has 6 rings (SSSR count). The summed E-state index contributed by atoms with van der Waals surface area (Å²) in [5.41, 5.74) is 15.6. The van der Waals surface area contributed by atoms with E-state index in [0.29, 0.717) is 39.7 Å². The quantitative estimate of drug-likeness (QED) is 0.0317. The highest BCUT2D eigenvalue weighted by atomic mass is 28.4. The average Bonchev–Trinajstić information content (AvgIpc) is 3.30. The molecule has 0 bridgehead atoms. The Balaban J connectivity index is 1.22. The maximum Gasteiger partial charge on any atom is 0.750 e. The lowest BCUT2D eigenvalue weighted by Crippen LogP contribution is -2.56. The van der Waals surface area contributed by atoms with Crippen molar-refractivity contribution in [2.45, 2.75) is 132 Å². The number of hydrogen-bond acceptors (Lipinski definition) is 14. The third-order valence-electron chi connectivity index (χ3n) is 10.3. The number of rotatable bonds is 25. The van der Waals surface area contributed by atoms with Gasteiger partial charge in [-0.05, 0) is 185 Å². The first-order chi connectivity index (χ1) is 35.4. The number of nitrogen functional groups attached to an aromatic ring is 2. The topological polar surface area (TPSA) is 203 Å². The van der Waals surface area contributed by atoms with Crippen LogP contribution in [0.2, 0.25) is 0 Å². The number of nitrogens with two attached hydrogens (primary N) is 2. The second kappa shape index (κ2) is 25.3. The summed E-state index contributed by atoms with van der Waals surface area (Å²) < 4.78 is 80.0. The molecule has 1 aliphatic rings. The fourth-order valence-corrected chi connectivity index (χ4v) is 12.4. The van der Waals surface area contributed by atoms with Crippen LogP contribution in [0.15, 0.2) is 127 Å². The fourth-order valence-electron chi connectivity index (χ4n) is 7.41. The van der Waals surface area contributed by atoms with Crippen molar-refractivity contribution >= 4 is 58.2 Å². The Morgan fingerprint density at radius 1 is 0.520 bits per heavy atom. The molecule has 0 saturated heterocycles. The van der Waals surface area contributed by atoms with Crippen molar-refractivity contribution in [1.82, 2.24) is 0 Å². The monoisotopic (exact) mass is 1070 g/mol. The van der Waals surface area contributed by atoms with E-state index in [2.05, 4.69) is 10.6 Å². The van der Waals surface area contributed by atoms with Gasteiger partial charge in [0.15, 0.2) is 0 Å². The second-order valence-electron chi connectivity index (χ2n) is 19.4. The first-order valence-corrected chi connectivity index (χ1v) is 28.3. The number of ether oxygens (including phenoxy) is 2. The molecule has 1 unspecified atom stereocenters. The van der Waals surface area contributed by atoms with Crippen LogP contribution in [-0.4, -0.2) is 72.4 Å². The van der Waals surface area contributed by atoms with Crippen molar-refractivity contribution in [2.24, 2.45) is 0 Å². The van der Waals surface area contributed by atoms with Gasteiger partial charge in [-0.1, -0.05) is 24.3 Å². The SMILES string of the molecule is CC(C)O[Si](Oc1cc(Oc2ccc(C3=CCC(F)(Oc4ccc(NC(=O)c5ccc(N)cc5)c(O[Si](OC(C)C)(OC(C)C)OC(C)C)c4)C=C3)cc2)ccc1NC(=O)c1ccc(N)cc1)(OC(C)C)OC(C)C. The van der Waals surface area contributed by atoms with Gasteiger partial charge in [0, 0.05) is 77.7 Å². The van der Waals surface area contributed by atoms with Crippen LogP contribution in [0.4, 0.5) is 27.1 Å². The Hall–Kier alpha value is -6.56. The number of amides is 2. The average molecular weight is 1070 g/mol. The molecule has 5 aromatic rings. The van der Waals surface area contributed by atoms with E-state index in [0.717, 1.165) is 11.1 Å². The zero-order chi connectivity index (χ0) is 54.7. The molecule has 0 aromatic heterocycles. The Morgan fingerprint density at radius 2 is 0.893 bits per heavy atom. The first-order valence-electron chi connectivity index (χ1n) is 25.0. The molecule has 0 heterocycles. The molecular weight excluding hydrogens is 996 g/mol. The van der Waals surface area contributed by atoms with E-state index >= 15 is 4.39 Å². The van der Waals surface area contributed by atoms with E-state index in [1.807, 2.05) is 95.2 Å². The summed E-state index contributed by atoms with van der Waals surface area (Å²) in [5, 5.41) is 5.82. The number of halogens is 1. The maximum atomic E-state index is 16.7. The maximum absolute atomic E-state index is 16.7. The molecule has 0 radical (unpaired) electrons. The van der Waals surface area contributed by atoms with E-state index in [9.17, 15) is 9.59 Å². The van der Waals surface area contributed by atoms with Crippen molar-refractivity contribution in [1.29, 1.82) is 0 Å². The van der Waals surface area contributed by atoms with Gasteiger partial charge < -0.3 is 67.0 Å². The van der Waals surface area contributed by atoms with Crippen molar-refractivity contribution in [3.63, 3.8) is 0 Å². The summed E-state index contributed by atoms with van der Waals surface area (Å²) in [7, 11) is -7.91. The minimum Gasteiger partial charge on any atom is -0.478 e. The van der Waals surface area contributed by atoms with Gasteiger partial charge in [-0.25, -0.2) is 0 Å². The highest BCUT2D eigenvalue weighted by molar-refractivity contribution is 6.55. The van der Waals surface area contributed by atoms with Gasteiger partial charge >= 0.3 is 18.1 Å². The number of alkyl halides is 1. The third-order valence-corrected chi connectivity index (χ3v) is 15.8. The Kier molecular flexibility index (Phi) is 19.5. The van der Waals surface area contributed by atoms with Crippen LogP contribution in [0.5, 0.6) is 28.7 Å². The van der Waals surface area contributed by atoms with Gasteiger partial charge in [0.25, 0.3) is 17.7 Å². The van der Waals surface area contributed by atoms with Crippen molar-refractivity contribution in [3.8, 4) is 28.7 Å². The summed E-state index contributed by atoms with van der Waals surface area (Å²) >= 11 is 0. The van der Waals surface area contributed by atoms with Crippen molar-refractivity contribution in [2.75, 3.05) is 22.1 Å². The Bertz CT molecular complexity index is 2720. The van der Waals surface area contributed by atoms with Crippen LogP contribution in [-0.2, 0) is 26.6 Å². The Morgan fingerprint density at radius 3 is 1.27 bits per heavy atom. The molecule has 1 atom stereocenters. The third kappa shape index (κ3) is 17.0. The molecule has 402 valence electrons. The number of hydrogen-bond donors (Lipinski definition) is 4.